The third kappa shape index (κ3) is 5.72. The van der Waals surface area contributed by atoms with Gasteiger partial charge in [0.2, 0.25) is 0 Å². The number of nitrogens with zero attached hydrogens (tertiary/aromatic N) is 1. The van der Waals surface area contributed by atoms with Gasteiger partial charge >= 0.3 is 0 Å². The van der Waals surface area contributed by atoms with Gasteiger partial charge in [-0.15, -0.1) is 0 Å². The van der Waals surface area contributed by atoms with Crippen LogP contribution < -0.4 is 10.1 Å². The van der Waals surface area contributed by atoms with Crippen molar-refractivity contribution in [3.63, 3.8) is 0 Å². The molecule has 0 aliphatic carbocycles. The summed E-state index contributed by atoms with van der Waals surface area (Å²) in [4.78, 5) is 14.0. The van der Waals surface area contributed by atoms with E-state index in [1.54, 1.807) is 32.4 Å². The number of hydrogen-bond acceptors (Lipinski definition) is 4. The molecule has 1 aromatic rings. The van der Waals surface area contributed by atoms with Gasteiger partial charge in [0, 0.05) is 32.3 Å². The number of rotatable bonds is 8. The molecule has 0 aliphatic rings. The summed E-state index contributed by atoms with van der Waals surface area (Å²) in [6.07, 6.45) is 0. The molecule has 0 aliphatic heterocycles. The van der Waals surface area contributed by atoms with Gasteiger partial charge in [-0.1, -0.05) is 6.07 Å². The standard InChI is InChI=1S/C14H22N2O3/c1-16(9-10-18-2)8-7-15-14(17)12-5-4-6-13(11-12)19-3/h4-6,11H,7-10H2,1-3H3,(H,15,17). The third-order valence-electron chi connectivity index (χ3n) is 2.79. The van der Waals surface area contributed by atoms with Crippen molar-refractivity contribution in [1.82, 2.24) is 10.2 Å². The molecule has 1 aromatic carbocycles. The fourth-order valence-corrected chi connectivity index (χ4v) is 1.59. The van der Waals surface area contributed by atoms with Crippen LogP contribution in [0.15, 0.2) is 24.3 Å². The van der Waals surface area contributed by atoms with Crippen molar-refractivity contribution in [1.29, 1.82) is 0 Å². The number of amides is 1. The Kier molecular flexibility index (Phi) is 6.92. The van der Waals surface area contributed by atoms with Crippen LogP contribution in [0.1, 0.15) is 10.4 Å². The van der Waals surface area contributed by atoms with Gasteiger partial charge in [-0.25, -0.2) is 0 Å². The maximum atomic E-state index is 11.9. The van der Waals surface area contributed by atoms with Crippen LogP contribution in [-0.2, 0) is 4.74 Å². The molecule has 0 saturated heterocycles. The molecule has 0 heterocycles. The van der Waals surface area contributed by atoms with Crippen LogP contribution in [0, 0.1) is 0 Å². The Bertz CT molecular complexity index is 396. The van der Waals surface area contributed by atoms with Crippen LogP contribution in [0.25, 0.3) is 0 Å². The second-order valence-electron chi connectivity index (χ2n) is 4.28. The number of likely N-dealkylation sites (N-methyl/N-ethyl adjacent to an activating group) is 1. The highest BCUT2D eigenvalue weighted by atomic mass is 16.5. The summed E-state index contributed by atoms with van der Waals surface area (Å²) in [6.45, 7) is 2.95. The Morgan fingerprint density at radius 3 is 2.79 bits per heavy atom. The average Bonchev–Trinajstić information content (AvgIpc) is 2.45. The highest BCUT2D eigenvalue weighted by Crippen LogP contribution is 2.12. The molecular weight excluding hydrogens is 244 g/mol. The van der Waals surface area contributed by atoms with Crippen LogP contribution in [0.5, 0.6) is 5.75 Å². The summed E-state index contributed by atoms with van der Waals surface area (Å²) < 4.78 is 10.1. The quantitative estimate of drug-likeness (QED) is 0.763. The van der Waals surface area contributed by atoms with E-state index in [1.165, 1.54) is 0 Å². The Hall–Kier alpha value is -1.59. The van der Waals surface area contributed by atoms with Crippen LogP contribution in [0.4, 0.5) is 0 Å². The minimum Gasteiger partial charge on any atom is -0.497 e. The van der Waals surface area contributed by atoms with Gasteiger partial charge in [-0.3, -0.25) is 4.79 Å². The molecule has 5 heteroatoms. The maximum Gasteiger partial charge on any atom is 0.251 e. The first-order valence-electron chi connectivity index (χ1n) is 6.27. The van der Waals surface area contributed by atoms with Gasteiger partial charge < -0.3 is 19.7 Å². The van der Waals surface area contributed by atoms with E-state index in [2.05, 4.69) is 10.2 Å². The number of carbonyl (C=O) groups excluding carboxylic acids is 1. The number of hydrogen-bond donors (Lipinski definition) is 1. The number of ether oxygens (including phenoxy) is 2. The summed E-state index contributed by atoms with van der Waals surface area (Å²) in [5.41, 5.74) is 0.610. The average molecular weight is 266 g/mol. The van der Waals surface area contributed by atoms with E-state index in [-0.39, 0.29) is 5.91 Å². The van der Waals surface area contributed by atoms with Crippen LogP contribution in [0.2, 0.25) is 0 Å². The fourth-order valence-electron chi connectivity index (χ4n) is 1.59. The predicted octanol–water partition coefficient (Wildman–Crippen LogP) is 1.00. The van der Waals surface area contributed by atoms with E-state index in [4.69, 9.17) is 9.47 Å². The molecule has 1 amide bonds. The first kappa shape index (κ1) is 15.5. The summed E-state index contributed by atoms with van der Waals surface area (Å²) in [7, 11) is 5.26. The normalized spacial score (nSPS) is 10.5. The molecule has 1 rings (SSSR count). The fraction of sp³-hybridized carbons (Fsp3) is 0.500. The predicted molar refractivity (Wildman–Crippen MR) is 74.7 cm³/mol. The highest BCUT2D eigenvalue weighted by molar-refractivity contribution is 5.94. The van der Waals surface area contributed by atoms with Gasteiger partial charge in [0.25, 0.3) is 5.91 Å². The van der Waals surface area contributed by atoms with Crippen LogP contribution in [-0.4, -0.2) is 58.3 Å². The SMILES string of the molecule is COCCN(C)CCNC(=O)c1cccc(OC)c1. The zero-order chi connectivity index (χ0) is 14.1. The van der Waals surface area contributed by atoms with Crippen LogP contribution in [0.3, 0.4) is 0 Å². The lowest BCUT2D eigenvalue weighted by Crippen LogP contribution is -2.34. The van der Waals surface area contributed by atoms with Crippen molar-refractivity contribution in [2.45, 2.75) is 0 Å². The van der Waals surface area contributed by atoms with E-state index in [9.17, 15) is 4.79 Å². The minimum atomic E-state index is -0.0842. The van der Waals surface area contributed by atoms with Gasteiger partial charge in [0.05, 0.1) is 13.7 Å². The lowest BCUT2D eigenvalue weighted by atomic mass is 10.2. The number of nitrogens with one attached hydrogen (secondary N) is 1. The van der Waals surface area contributed by atoms with Crippen molar-refractivity contribution in [2.75, 3.05) is 47.5 Å². The molecule has 0 atom stereocenters. The molecule has 0 aromatic heterocycles. The first-order valence-corrected chi connectivity index (χ1v) is 6.27. The first-order chi connectivity index (χ1) is 9.17. The van der Waals surface area contributed by atoms with E-state index in [1.807, 2.05) is 13.1 Å². The van der Waals surface area contributed by atoms with E-state index in [0.717, 1.165) is 13.1 Å². The largest absolute Gasteiger partial charge is 0.497 e. The zero-order valence-corrected chi connectivity index (χ0v) is 11.8. The maximum absolute atomic E-state index is 11.9. The van der Waals surface area contributed by atoms with Crippen LogP contribution >= 0.6 is 0 Å². The monoisotopic (exact) mass is 266 g/mol. The molecule has 106 valence electrons. The summed E-state index contributed by atoms with van der Waals surface area (Å²) in [5.74, 6) is 0.601. The van der Waals surface area contributed by atoms with Crippen molar-refractivity contribution in [3.05, 3.63) is 29.8 Å². The molecule has 19 heavy (non-hydrogen) atoms. The van der Waals surface area contributed by atoms with Gasteiger partial charge in [-0.2, -0.15) is 0 Å². The second kappa shape index (κ2) is 8.50. The molecule has 0 radical (unpaired) electrons. The van der Waals surface area contributed by atoms with Crippen molar-refractivity contribution in [3.8, 4) is 5.75 Å². The zero-order valence-electron chi connectivity index (χ0n) is 11.8. The molecule has 1 N–H and O–H groups in total. The van der Waals surface area contributed by atoms with Gasteiger partial charge in [-0.05, 0) is 25.2 Å². The van der Waals surface area contributed by atoms with E-state index < -0.39 is 0 Å². The lowest BCUT2D eigenvalue weighted by molar-refractivity contribution is 0.0947. The van der Waals surface area contributed by atoms with Gasteiger partial charge in [0.1, 0.15) is 5.75 Å². The molecule has 0 fully saturated rings. The second-order valence-corrected chi connectivity index (χ2v) is 4.28. The lowest BCUT2D eigenvalue weighted by Gasteiger charge is -2.16. The summed E-state index contributed by atoms with van der Waals surface area (Å²) in [6, 6.07) is 7.12. The molecule has 0 saturated carbocycles. The minimum absolute atomic E-state index is 0.0842. The summed E-state index contributed by atoms with van der Waals surface area (Å²) >= 11 is 0. The van der Waals surface area contributed by atoms with Crippen molar-refractivity contribution >= 4 is 5.91 Å². The van der Waals surface area contributed by atoms with Crippen molar-refractivity contribution < 1.29 is 14.3 Å². The van der Waals surface area contributed by atoms with Crippen molar-refractivity contribution in [2.24, 2.45) is 0 Å². The Balaban J connectivity index is 2.34. The number of methoxy groups -OCH3 is 2. The Morgan fingerprint density at radius 1 is 1.32 bits per heavy atom. The van der Waals surface area contributed by atoms with E-state index in [0.29, 0.717) is 24.5 Å². The topological polar surface area (TPSA) is 50.8 Å². The van der Waals surface area contributed by atoms with E-state index >= 15 is 0 Å². The highest BCUT2D eigenvalue weighted by Gasteiger charge is 2.06. The number of carbonyl (C=O) groups is 1. The molecule has 0 spiro atoms. The molecular formula is C14H22N2O3. The van der Waals surface area contributed by atoms with Gasteiger partial charge in [0.15, 0.2) is 0 Å². The molecule has 0 unspecified atom stereocenters. The molecule has 0 bridgehead atoms. The number of benzene rings is 1. The smallest absolute Gasteiger partial charge is 0.251 e. The Morgan fingerprint density at radius 2 is 2.11 bits per heavy atom. The Labute approximate surface area is 114 Å². The third-order valence-corrected chi connectivity index (χ3v) is 2.79. The molecule has 5 nitrogen and oxygen atoms in total. The summed E-state index contributed by atoms with van der Waals surface area (Å²) in [5, 5.41) is 2.88.